The summed E-state index contributed by atoms with van der Waals surface area (Å²) in [6, 6.07) is 7.08. The Hall–Kier alpha value is -1.60. The molecular formula is C15H22N2O4S. The highest BCUT2D eigenvalue weighted by atomic mass is 32.2. The van der Waals surface area contributed by atoms with Crippen molar-refractivity contribution in [1.82, 2.24) is 9.21 Å². The van der Waals surface area contributed by atoms with Crippen molar-refractivity contribution in [2.75, 3.05) is 39.0 Å². The minimum absolute atomic E-state index is 0.0907. The van der Waals surface area contributed by atoms with Gasteiger partial charge in [0.1, 0.15) is 5.75 Å². The van der Waals surface area contributed by atoms with E-state index in [1.54, 1.807) is 30.0 Å². The average molecular weight is 326 g/mol. The molecule has 122 valence electrons. The minimum atomic E-state index is -3.20. The van der Waals surface area contributed by atoms with E-state index in [4.69, 9.17) is 4.74 Å². The normalized spacial score (nSPS) is 17.1. The van der Waals surface area contributed by atoms with Gasteiger partial charge in [-0.1, -0.05) is 12.1 Å². The number of nitrogens with zero attached hydrogens (tertiary/aromatic N) is 2. The molecule has 0 spiro atoms. The van der Waals surface area contributed by atoms with Gasteiger partial charge in [0.05, 0.1) is 18.4 Å². The first-order valence-electron chi connectivity index (χ1n) is 7.39. The number of para-hydroxylation sites is 1. The maximum absolute atomic E-state index is 12.6. The Bertz CT molecular complexity index is 630. The minimum Gasteiger partial charge on any atom is -0.496 e. The standard InChI is InChI=1S/C15H22N2O4S/c1-3-22(19,20)17-10-6-9-16(11-12-17)15(18)13-7-4-5-8-14(13)21-2/h4-5,7-8H,3,6,9-12H2,1-2H3. The number of rotatable bonds is 4. The second kappa shape index (κ2) is 7.11. The Morgan fingerprint density at radius 3 is 2.59 bits per heavy atom. The fourth-order valence-corrected chi connectivity index (χ4v) is 3.68. The largest absolute Gasteiger partial charge is 0.496 e. The molecule has 0 aliphatic carbocycles. The molecule has 0 radical (unpaired) electrons. The van der Waals surface area contributed by atoms with Crippen molar-refractivity contribution in [3.63, 3.8) is 0 Å². The summed E-state index contributed by atoms with van der Waals surface area (Å²) >= 11 is 0. The van der Waals surface area contributed by atoms with Gasteiger partial charge in [0.25, 0.3) is 5.91 Å². The van der Waals surface area contributed by atoms with Crippen molar-refractivity contribution in [3.05, 3.63) is 29.8 Å². The van der Waals surface area contributed by atoms with Gasteiger partial charge < -0.3 is 9.64 Å². The van der Waals surface area contributed by atoms with Crippen molar-refractivity contribution in [3.8, 4) is 5.75 Å². The predicted molar refractivity (Wildman–Crippen MR) is 84.5 cm³/mol. The summed E-state index contributed by atoms with van der Waals surface area (Å²) in [5.74, 6) is 0.510. The molecule has 1 aliphatic heterocycles. The summed E-state index contributed by atoms with van der Waals surface area (Å²) in [4.78, 5) is 14.3. The van der Waals surface area contributed by atoms with Crippen LogP contribution in [0.5, 0.6) is 5.75 Å². The number of benzene rings is 1. The Morgan fingerprint density at radius 1 is 1.18 bits per heavy atom. The highest BCUT2D eigenvalue weighted by Gasteiger charge is 2.26. The van der Waals surface area contributed by atoms with Gasteiger partial charge in [0.15, 0.2) is 0 Å². The molecule has 1 amide bonds. The van der Waals surface area contributed by atoms with Crippen LogP contribution in [0.2, 0.25) is 0 Å². The zero-order valence-electron chi connectivity index (χ0n) is 13.0. The third-order valence-corrected chi connectivity index (χ3v) is 5.72. The van der Waals surface area contributed by atoms with E-state index < -0.39 is 10.0 Å². The molecule has 1 fully saturated rings. The van der Waals surface area contributed by atoms with Gasteiger partial charge in [-0.3, -0.25) is 4.79 Å². The Balaban J connectivity index is 2.12. The van der Waals surface area contributed by atoms with Crippen molar-refractivity contribution < 1.29 is 17.9 Å². The van der Waals surface area contributed by atoms with E-state index in [1.165, 1.54) is 11.4 Å². The van der Waals surface area contributed by atoms with E-state index in [0.29, 0.717) is 43.9 Å². The lowest BCUT2D eigenvalue weighted by Crippen LogP contribution is -2.38. The maximum Gasteiger partial charge on any atom is 0.257 e. The smallest absolute Gasteiger partial charge is 0.257 e. The molecule has 7 heteroatoms. The van der Waals surface area contributed by atoms with Crippen LogP contribution in [-0.2, 0) is 10.0 Å². The van der Waals surface area contributed by atoms with E-state index in [0.717, 1.165) is 0 Å². The van der Waals surface area contributed by atoms with Crippen molar-refractivity contribution in [2.24, 2.45) is 0 Å². The molecule has 0 unspecified atom stereocenters. The van der Waals surface area contributed by atoms with Gasteiger partial charge in [-0.25, -0.2) is 12.7 Å². The number of amides is 1. The number of hydrogen-bond acceptors (Lipinski definition) is 4. The van der Waals surface area contributed by atoms with Crippen molar-refractivity contribution >= 4 is 15.9 Å². The summed E-state index contributed by atoms with van der Waals surface area (Å²) in [6.45, 7) is 3.39. The van der Waals surface area contributed by atoms with Gasteiger partial charge in [0, 0.05) is 26.2 Å². The fraction of sp³-hybridized carbons (Fsp3) is 0.533. The topological polar surface area (TPSA) is 66.9 Å². The first-order valence-corrected chi connectivity index (χ1v) is 9.00. The quantitative estimate of drug-likeness (QED) is 0.834. The number of sulfonamides is 1. The van der Waals surface area contributed by atoms with Crippen LogP contribution < -0.4 is 4.74 Å². The van der Waals surface area contributed by atoms with Gasteiger partial charge >= 0.3 is 0 Å². The molecule has 1 aliphatic rings. The highest BCUT2D eigenvalue weighted by molar-refractivity contribution is 7.89. The Kier molecular flexibility index (Phi) is 5.42. The summed E-state index contributed by atoms with van der Waals surface area (Å²) in [7, 11) is -1.67. The van der Waals surface area contributed by atoms with Gasteiger partial charge in [0.2, 0.25) is 10.0 Å². The van der Waals surface area contributed by atoms with Gasteiger partial charge in [-0.15, -0.1) is 0 Å². The summed E-state index contributed by atoms with van der Waals surface area (Å²) in [5, 5.41) is 0. The first kappa shape index (κ1) is 16.8. The third-order valence-electron chi connectivity index (χ3n) is 3.84. The zero-order chi connectivity index (χ0) is 16.2. The summed E-state index contributed by atoms with van der Waals surface area (Å²) in [5.41, 5.74) is 0.511. The van der Waals surface area contributed by atoms with E-state index >= 15 is 0 Å². The van der Waals surface area contributed by atoms with Gasteiger partial charge in [-0.2, -0.15) is 0 Å². The number of hydrogen-bond donors (Lipinski definition) is 0. The van der Waals surface area contributed by atoms with Crippen LogP contribution in [-0.4, -0.2) is 62.6 Å². The third kappa shape index (κ3) is 3.59. The molecule has 1 heterocycles. The predicted octanol–water partition coefficient (Wildman–Crippen LogP) is 1.19. The molecule has 1 saturated heterocycles. The molecule has 1 aromatic rings. The van der Waals surface area contributed by atoms with E-state index in [-0.39, 0.29) is 11.7 Å². The SMILES string of the molecule is CCS(=O)(=O)N1CCCN(C(=O)c2ccccc2OC)CC1. The van der Waals surface area contributed by atoms with Crippen LogP contribution in [0.25, 0.3) is 0 Å². The van der Waals surface area contributed by atoms with E-state index in [1.807, 2.05) is 6.07 Å². The summed E-state index contributed by atoms with van der Waals surface area (Å²) in [6.07, 6.45) is 0.639. The number of carbonyl (C=O) groups is 1. The first-order chi connectivity index (χ1) is 10.5. The molecule has 2 rings (SSSR count). The lowest BCUT2D eigenvalue weighted by atomic mass is 10.1. The lowest BCUT2D eigenvalue weighted by Gasteiger charge is -2.22. The molecule has 0 bridgehead atoms. The molecule has 0 atom stereocenters. The molecule has 1 aromatic carbocycles. The van der Waals surface area contributed by atoms with Crippen molar-refractivity contribution in [2.45, 2.75) is 13.3 Å². The number of carbonyl (C=O) groups excluding carboxylic acids is 1. The van der Waals surface area contributed by atoms with Crippen LogP contribution in [0.3, 0.4) is 0 Å². The van der Waals surface area contributed by atoms with Crippen LogP contribution in [0.4, 0.5) is 0 Å². The van der Waals surface area contributed by atoms with Crippen LogP contribution in [0, 0.1) is 0 Å². The van der Waals surface area contributed by atoms with E-state index in [2.05, 4.69) is 0 Å². The van der Waals surface area contributed by atoms with Crippen LogP contribution in [0.15, 0.2) is 24.3 Å². The maximum atomic E-state index is 12.6. The zero-order valence-corrected chi connectivity index (χ0v) is 13.8. The van der Waals surface area contributed by atoms with Crippen molar-refractivity contribution in [1.29, 1.82) is 0 Å². The molecule has 0 saturated carbocycles. The molecular weight excluding hydrogens is 304 g/mol. The Labute approximate surface area is 131 Å². The van der Waals surface area contributed by atoms with Crippen LogP contribution >= 0.6 is 0 Å². The lowest BCUT2D eigenvalue weighted by molar-refractivity contribution is 0.0761. The number of ether oxygens (including phenoxy) is 1. The van der Waals surface area contributed by atoms with Crippen LogP contribution in [0.1, 0.15) is 23.7 Å². The molecule has 6 nitrogen and oxygen atoms in total. The Morgan fingerprint density at radius 2 is 1.91 bits per heavy atom. The summed E-state index contributed by atoms with van der Waals surface area (Å²) < 4.78 is 30.6. The van der Waals surface area contributed by atoms with Gasteiger partial charge in [-0.05, 0) is 25.5 Å². The molecule has 0 N–H and O–H groups in total. The van der Waals surface area contributed by atoms with E-state index in [9.17, 15) is 13.2 Å². The highest BCUT2D eigenvalue weighted by Crippen LogP contribution is 2.20. The second-order valence-corrected chi connectivity index (χ2v) is 7.40. The molecule has 22 heavy (non-hydrogen) atoms. The second-order valence-electron chi connectivity index (χ2n) is 5.15. The fourth-order valence-electron chi connectivity index (χ4n) is 2.55. The average Bonchev–Trinajstić information content (AvgIpc) is 2.80. The monoisotopic (exact) mass is 326 g/mol. The molecule has 0 aromatic heterocycles. The number of methoxy groups -OCH3 is 1.